The Bertz CT molecular complexity index is 312. The largest absolute Gasteiger partial charge is 0.342 e. The first kappa shape index (κ1) is 12.5. The molecule has 1 unspecified atom stereocenters. The van der Waals surface area contributed by atoms with E-state index in [-0.39, 0.29) is 0 Å². The summed E-state index contributed by atoms with van der Waals surface area (Å²) in [5.74, 6) is 2.55. The second-order valence-electron chi connectivity index (χ2n) is 6.75. The zero-order valence-corrected chi connectivity index (χ0v) is 11.3. The van der Waals surface area contributed by atoms with E-state index >= 15 is 0 Å². The molecule has 1 aliphatic heterocycles. The van der Waals surface area contributed by atoms with E-state index in [2.05, 4.69) is 4.90 Å². The molecule has 1 heterocycles. The molecule has 0 aromatic carbocycles. The lowest BCUT2D eigenvalue weighted by atomic mass is 9.79. The van der Waals surface area contributed by atoms with Crippen LogP contribution in [0.25, 0.3) is 0 Å². The van der Waals surface area contributed by atoms with Crippen LogP contribution in [0.1, 0.15) is 51.4 Å². The zero-order valence-electron chi connectivity index (χ0n) is 11.3. The SMILES string of the molecule is NC1CC[C@H]2CN(C(=O)CC3CCCC3)C[C@H]2C1. The maximum absolute atomic E-state index is 12.3. The van der Waals surface area contributed by atoms with Crippen LogP contribution in [0.2, 0.25) is 0 Å². The summed E-state index contributed by atoms with van der Waals surface area (Å²) >= 11 is 0. The summed E-state index contributed by atoms with van der Waals surface area (Å²) in [5, 5.41) is 0. The van der Waals surface area contributed by atoms with Crippen LogP contribution in [0.5, 0.6) is 0 Å². The summed E-state index contributed by atoms with van der Waals surface area (Å²) in [7, 11) is 0. The minimum absolute atomic E-state index is 0.385. The fourth-order valence-corrected chi connectivity index (χ4v) is 4.26. The number of amides is 1. The van der Waals surface area contributed by atoms with Gasteiger partial charge < -0.3 is 10.6 Å². The minimum Gasteiger partial charge on any atom is -0.342 e. The molecule has 0 radical (unpaired) electrons. The molecule has 0 spiro atoms. The number of nitrogens with two attached hydrogens (primary N) is 1. The average Bonchev–Trinajstić information content (AvgIpc) is 2.96. The summed E-state index contributed by atoms with van der Waals surface area (Å²) in [4.78, 5) is 14.5. The van der Waals surface area contributed by atoms with E-state index in [0.29, 0.717) is 23.8 Å². The second-order valence-corrected chi connectivity index (χ2v) is 6.75. The molecule has 2 N–H and O–H groups in total. The highest BCUT2D eigenvalue weighted by Gasteiger charge is 2.38. The van der Waals surface area contributed by atoms with Crippen LogP contribution < -0.4 is 5.73 Å². The fourth-order valence-electron chi connectivity index (χ4n) is 4.26. The Morgan fingerprint density at radius 1 is 1.06 bits per heavy atom. The molecule has 0 aromatic rings. The van der Waals surface area contributed by atoms with Crippen molar-refractivity contribution in [3.8, 4) is 0 Å². The Kier molecular flexibility index (Phi) is 3.60. The molecule has 3 rings (SSSR count). The lowest BCUT2D eigenvalue weighted by Gasteiger charge is -2.27. The van der Waals surface area contributed by atoms with Gasteiger partial charge in [0.1, 0.15) is 0 Å². The lowest BCUT2D eigenvalue weighted by molar-refractivity contribution is -0.131. The molecule has 3 atom stereocenters. The first-order valence-corrected chi connectivity index (χ1v) is 7.75. The third-order valence-electron chi connectivity index (χ3n) is 5.38. The Morgan fingerprint density at radius 3 is 2.56 bits per heavy atom. The van der Waals surface area contributed by atoms with Crippen LogP contribution in [-0.2, 0) is 4.79 Å². The van der Waals surface area contributed by atoms with E-state index in [1.54, 1.807) is 0 Å². The molecule has 3 fully saturated rings. The summed E-state index contributed by atoms with van der Waals surface area (Å²) in [6, 6.07) is 0.385. The van der Waals surface area contributed by atoms with Crippen molar-refractivity contribution in [3.63, 3.8) is 0 Å². The van der Waals surface area contributed by atoms with Crippen molar-refractivity contribution in [1.82, 2.24) is 4.90 Å². The minimum atomic E-state index is 0.385. The molecule has 3 heteroatoms. The molecule has 0 aromatic heterocycles. The number of hydrogen-bond acceptors (Lipinski definition) is 2. The molecular weight excluding hydrogens is 224 g/mol. The van der Waals surface area contributed by atoms with Crippen LogP contribution in [-0.4, -0.2) is 29.9 Å². The zero-order chi connectivity index (χ0) is 12.5. The van der Waals surface area contributed by atoms with Crippen molar-refractivity contribution in [3.05, 3.63) is 0 Å². The lowest BCUT2D eigenvalue weighted by Crippen LogP contribution is -2.32. The molecule has 3 aliphatic rings. The third-order valence-corrected chi connectivity index (χ3v) is 5.38. The molecule has 102 valence electrons. The van der Waals surface area contributed by atoms with Gasteiger partial charge in [0.2, 0.25) is 5.91 Å². The molecule has 1 saturated heterocycles. The molecular formula is C15H26N2O. The highest BCUT2D eigenvalue weighted by Crippen LogP contribution is 2.36. The average molecular weight is 250 g/mol. The molecule has 3 nitrogen and oxygen atoms in total. The molecule has 0 bridgehead atoms. The standard InChI is InChI=1S/C15H26N2O/c16-14-6-5-12-9-17(10-13(12)8-14)15(18)7-11-3-1-2-4-11/h11-14H,1-10,16H2/t12-,13+,14?/m0/s1. The highest BCUT2D eigenvalue weighted by atomic mass is 16.2. The highest BCUT2D eigenvalue weighted by molar-refractivity contribution is 5.76. The van der Waals surface area contributed by atoms with Gasteiger partial charge in [-0.3, -0.25) is 4.79 Å². The number of carbonyl (C=O) groups excluding carboxylic acids is 1. The number of fused-ring (bicyclic) bond motifs is 1. The molecule has 2 saturated carbocycles. The van der Waals surface area contributed by atoms with Gasteiger partial charge in [-0.25, -0.2) is 0 Å². The van der Waals surface area contributed by atoms with Gasteiger partial charge in [-0.15, -0.1) is 0 Å². The van der Waals surface area contributed by atoms with Gasteiger partial charge in [0, 0.05) is 25.6 Å². The van der Waals surface area contributed by atoms with Crippen molar-refractivity contribution in [1.29, 1.82) is 0 Å². The van der Waals surface area contributed by atoms with Crippen LogP contribution in [0.15, 0.2) is 0 Å². The van der Waals surface area contributed by atoms with Crippen molar-refractivity contribution in [2.75, 3.05) is 13.1 Å². The summed E-state index contributed by atoms with van der Waals surface area (Å²) in [5.41, 5.74) is 6.04. The Morgan fingerprint density at radius 2 is 1.78 bits per heavy atom. The molecule has 18 heavy (non-hydrogen) atoms. The van der Waals surface area contributed by atoms with Gasteiger partial charge in [0.15, 0.2) is 0 Å². The van der Waals surface area contributed by atoms with Crippen molar-refractivity contribution in [2.45, 2.75) is 57.4 Å². The first-order valence-electron chi connectivity index (χ1n) is 7.75. The Balaban J connectivity index is 1.52. The van der Waals surface area contributed by atoms with Crippen molar-refractivity contribution in [2.24, 2.45) is 23.5 Å². The van der Waals surface area contributed by atoms with Crippen LogP contribution in [0, 0.1) is 17.8 Å². The van der Waals surface area contributed by atoms with E-state index in [1.807, 2.05) is 0 Å². The smallest absolute Gasteiger partial charge is 0.222 e. The van der Waals surface area contributed by atoms with Crippen molar-refractivity contribution < 1.29 is 4.79 Å². The van der Waals surface area contributed by atoms with Crippen LogP contribution >= 0.6 is 0 Å². The van der Waals surface area contributed by atoms with Gasteiger partial charge in [-0.1, -0.05) is 12.8 Å². The molecule has 2 aliphatic carbocycles. The number of nitrogens with zero attached hydrogens (tertiary/aromatic N) is 1. The number of rotatable bonds is 2. The van der Waals surface area contributed by atoms with E-state index in [4.69, 9.17) is 5.73 Å². The number of hydrogen-bond donors (Lipinski definition) is 1. The third kappa shape index (κ3) is 2.56. The van der Waals surface area contributed by atoms with E-state index < -0.39 is 0 Å². The van der Waals surface area contributed by atoms with E-state index in [1.165, 1.54) is 32.1 Å². The maximum Gasteiger partial charge on any atom is 0.222 e. The number of likely N-dealkylation sites (tertiary alicyclic amines) is 1. The predicted molar refractivity (Wildman–Crippen MR) is 72.0 cm³/mol. The Labute approximate surface area is 110 Å². The quantitative estimate of drug-likeness (QED) is 0.816. The van der Waals surface area contributed by atoms with Gasteiger partial charge in [-0.05, 0) is 49.9 Å². The number of carbonyl (C=O) groups is 1. The summed E-state index contributed by atoms with van der Waals surface area (Å²) in [6.45, 7) is 2.01. The molecule has 1 amide bonds. The normalized spacial score (nSPS) is 36.9. The van der Waals surface area contributed by atoms with Gasteiger partial charge >= 0.3 is 0 Å². The van der Waals surface area contributed by atoms with Gasteiger partial charge in [-0.2, -0.15) is 0 Å². The summed E-state index contributed by atoms with van der Waals surface area (Å²) < 4.78 is 0. The second kappa shape index (κ2) is 5.20. The Hall–Kier alpha value is -0.570. The van der Waals surface area contributed by atoms with E-state index in [9.17, 15) is 4.79 Å². The topological polar surface area (TPSA) is 46.3 Å². The monoisotopic (exact) mass is 250 g/mol. The maximum atomic E-state index is 12.3. The van der Waals surface area contributed by atoms with Crippen molar-refractivity contribution >= 4 is 5.91 Å². The predicted octanol–water partition coefficient (Wildman–Crippen LogP) is 2.15. The summed E-state index contributed by atoms with van der Waals surface area (Å²) in [6.07, 6.45) is 9.55. The fraction of sp³-hybridized carbons (Fsp3) is 0.933. The van der Waals surface area contributed by atoms with Gasteiger partial charge in [0.05, 0.1) is 0 Å². The van der Waals surface area contributed by atoms with Gasteiger partial charge in [0.25, 0.3) is 0 Å². The first-order chi connectivity index (χ1) is 8.72. The van der Waals surface area contributed by atoms with E-state index in [0.717, 1.165) is 38.3 Å². The van der Waals surface area contributed by atoms with Crippen LogP contribution in [0.3, 0.4) is 0 Å². The van der Waals surface area contributed by atoms with Crippen LogP contribution in [0.4, 0.5) is 0 Å².